The summed E-state index contributed by atoms with van der Waals surface area (Å²) >= 11 is 1.88. The number of hydrogen-bond donors (Lipinski definition) is 2. The lowest BCUT2D eigenvalue weighted by atomic mass is 9.88. The van der Waals surface area contributed by atoms with Crippen LogP contribution in [0, 0.1) is 11.8 Å². The van der Waals surface area contributed by atoms with Gasteiger partial charge in [0.15, 0.2) is 5.96 Å². The lowest BCUT2D eigenvalue weighted by Gasteiger charge is -2.39. The van der Waals surface area contributed by atoms with E-state index < -0.39 is 0 Å². The summed E-state index contributed by atoms with van der Waals surface area (Å²) in [5.41, 5.74) is 0. The molecule has 4 nitrogen and oxygen atoms in total. The van der Waals surface area contributed by atoms with E-state index in [2.05, 4.69) is 57.2 Å². The van der Waals surface area contributed by atoms with Crippen molar-refractivity contribution in [2.24, 2.45) is 16.8 Å². The van der Waals surface area contributed by atoms with E-state index in [-0.39, 0.29) is 0 Å². The third-order valence-electron chi connectivity index (χ3n) is 5.53. The van der Waals surface area contributed by atoms with Crippen LogP contribution in [0.4, 0.5) is 0 Å². The summed E-state index contributed by atoms with van der Waals surface area (Å²) in [4.78, 5) is 8.44. The predicted molar refractivity (Wildman–Crippen MR) is 108 cm³/mol. The van der Waals surface area contributed by atoms with E-state index in [1.54, 1.807) is 0 Å². The maximum absolute atomic E-state index is 4.43. The molecule has 138 valence electrons. The van der Waals surface area contributed by atoms with Gasteiger partial charge in [0.1, 0.15) is 0 Å². The average Bonchev–Trinajstić information content (AvgIpc) is 3.17. The highest BCUT2D eigenvalue weighted by Crippen LogP contribution is 2.36. The summed E-state index contributed by atoms with van der Waals surface area (Å²) in [5.74, 6) is 2.32. The van der Waals surface area contributed by atoms with Gasteiger partial charge in [-0.25, -0.2) is 0 Å². The SMILES string of the molecule is CN=C(NCC1CC=CCC1)NCC1CCCN(C)C1c1cccs1. The Bertz CT molecular complexity index is 566. The highest BCUT2D eigenvalue weighted by atomic mass is 32.1. The first-order valence-electron chi connectivity index (χ1n) is 9.61. The zero-order valence-electron chi connectivity index (χ0n) is 15.6. The molecule has 1 aliphatic heterocycles. The van der Waals surface area contributed by atoms with Gasteiger partial charge in [-0.2, -0.15) is 0 Å². The van der Waals surface area contributed by atoms with Crippen LogP contribution in [-0.4, -0.2) is 44.6 Å². The molecule has 1 aromatic rings. The Labute approximate surface area is 156 Å². The number of allylic oxidation sites excluding steroid dienone is 2. The van der Waals surface area contributed by atoms with E-state index in [0.717, 1.165) is 25.0 Å². The highest BCUT2D eigenvalue weighted by molar-refractivity contribution is 7.10. The van der Waals surface area contributed by atoms with Gasteiger partial charge in [0, 0.05) is 31.1 Å². The summed E-state index contributed by atoms with van der Waals surface area (Å²) in [5, 5.41) is 9.32. The Hall–Kier alpha value is -1.33. The van der Waals surface area contributed by atoms with Gasteiger partial charge in [-0.05, 0) is 69.0 Å². The van der Waals surface area contributed by atoms with Gasteiger partial charge < -0.3 is 10.6 Å². The molecule has 0 spiro atoms. The lowest BCUT2D eigenvalue weighted by molar-refractivity contribution is 0.125. The molecule has 25 heavy (non-hydrogen) atoms. The van der Waals surface area contributed by atoms with Crippen molar-refractivity contribution in [3.8, 4) is 0 Å². The van der Waals surface area contributed by atoms with Gasteiger partial charge in [-0.1, -0.05) is 18.2 Å². The summed E-state index contributed by atoms with van der Waals surface area (Å²) in [6, 6.07) is 4.99. The fourth-order valence-electron chi connectivity index (χ4n) is 4.11. The molecule has 1 saturated heterocycles. The minimum Gasteiger partial charge on any atom is -0.356 e. The monoisotopic (exact) mass is 360 g/mol. The van der Waals surface area contributed by atoms with Gasteiger partial charge in [-0.3, -0.25) is 9.89 Å². The molecule has 5 heteroatoms. The summed E-state index contributed by atoms with van der Waals surface area (Å²) < 4.78 is 0. The topological polar surface area (TPSA) is 39.7 Å². The van der Waals surface area contributed by atoms with Crippen LogP contribution >= 0.6 is 11.3 Å². The summed E-state index contributed by atoms with van der Waals surface area (Å²) in [7, 11) is 4.14. The number of piperidine rings is 1. The molecule has 0 radical (unpaired) electrons. The van der Waals surface area contributed by atoms with E-state index >= 15 is 0 Å². The highest BCUT2D eigenvalue weighted by Gasteiger charge is 2.31. The van der Waals surface area contributed by atoms with Crippen molar-refractivity contribution in [3.63, 3.8) is 0 Å². The van der Waals surface area contributed by atoms with Crippen LogP contribution in [0.2, 0.25) is 0 Å². The minimum atomic E-state index is 0.530. The van der Waals surface area contributed by atoms with Crippen LogP contribution in [0.1, 0.15) is 43.0 Å². The van der Waals surface area contributed by atoms with E-state index in [9.17, 15) is 0 Å². The lowest BCUT2D eigenvalue weighted by Crippen LogP contribution is -2.45. The van der Waals surface area contributed by atoms with E-state index in [1.165, 1.54) is 43.5 Å². The van der Waals surface area contributed by atoms with Crippen LogP contribution < -0.4 is 10.6 Å². The minimum absolute atomic E-state index is 0.530. The van der Waals surface area contributed by atoms with Gasteiger partial charge >= 0.3 is 0 Å². The van der Waals surface area contributed by atoms with E-state index in [0.29, 0.717) is 12.0 Å². The Morgan fingerprint density at radius 3 is 2.88 bits per heavy atom. The first kappa shape index (κ1) is 18.5. The Morgan fingerprint density at radius 2 is 2.16 bits per heavy atom. The van der Waals surface area contributed by atoms with Gasteiger partial charge in [-0.15, -0.1) is 11.3 Å². The van der Waals surface area contributed by atoms with Crippen LogP contribution in [0.25, 0.3) is 0 Å². The van der Waals surface area contributed by atoms with Crippen LogP contribution in [0.3, 0.4) is 0 Å². The Kier molecular flexibility index (Phi) is 6.93. The number of aliphatic imine (C=N–C) groups is 1. The first-order valence-corrected chi connectivity index (χ1v) is 10.5. The molecule has 1 aromatic heterocycles. The molecule has 2 aliphatic rings. The van der Waals surface area contributed by atoms with Crippen LogP contribution in [0.15, 0.2) is 34.7 Å². The third kappa shape index (κ3) is 5.08. The molecule has 3 atom stereocenters. The third-order valence-corrected chi connectivity index (χ3v) is 6.48. The van der Waals surface area contributed by atoms with Crippen molar-refractivity contribution in [2.45, 2.75) is 38.1 Å². The number of thiophene rings is 1. The molecule has 0 amide bonds. The maximum atomic E-state index is 4.43. The van der Waals surface area contributed by atoms with Crippen molar-refractivity contribution in [1.29, 1.82) is 0 Å². The number of guanidine groups is 1. The smallest absolute Gasteiger partial charge is 0.190 e. The second-order valence-corrected chi connectivity index (χ2v) is 8.31. The number of rotatable bonds is 5. The van der Waals surface area contributed by atoms with Gasteiger partial charge in [0.2, 0.25) is 0 Å². The number of nitrogens with one attached hydrogen (secondary N) is 2. The Morgan fingerprint density at radius 1 is 1.28 bits per heavy atom. The summed E-state index contributed by atoms with van der Waals surface area (Å²) in [6.45, 7) is 3.20. The zero-order chi connectivity index (χ0) is 17.5. The molecule has 0 bridgehead atoms. The molecular formula is C20H32N4S. The number of hydrogen-bond acceptors (Lipinski definition) is 3. The molecule has 0 aromatic carbocycles. The second-order valence-electron chi connectivity index (χ2n) is 7.33. The standard InChI is InChI=1S/C20H32N4S/c1-21-20(22-14-16-8-4-3-5-9-16)23-15-17-10-6-12-24(2)19(17)18-11-7-13-25-18/h3-4,7,11,13,16-17,19H,5-6,8-10,12,14-15H2,1-2H3,(H2,21,22,23). The second kappa shape index (κ2) is 9.39. The molecule has 3 rings (SSSR count). The average molecular weight is 361 g/mol. The molecule has 3 unspecified atom stereocenters. The number of nitrogens with zero attached hydrogens (tertiary/aromatic N) is 2. The number of likely N-dealkylation sites (tertiary alicyclic amines) is 1. The normalized spacial score (nSPS) is 28.1. The summed E-state index contributed by atoms with van der Waals surface area (Å²) in [6.07, 6.45) is 10.9. The van der Waals surface area contributed by atoms with Crippen LogP contribution in [-0.2, 0) is 0 Å². The molecule has 2 N–H and O–H groups in total. The van der Waals surface area contributed by atoms with Gasteiger partial charge in [0.05, 0.1) is 0 Å². The molecular weight excluding hydrogens is 328 g/mol. The molecule has 0 saturated carbocycles. The van der Waals surface area contributed by atoms with Crippen molar-refractivity contribution >= 4 is 17.3 Å². The quantitative estimate of drug-likeness (QED) is 0.478. The molecule has 1 aliphatic carbocycles. The maximum Gasteiger partial charge on any atom is 0.190 e. The fraction of sp³-hybridized carbons (Fsp3) is 0.650. The van der Waals surface area contributed by atoms with Crippen molar-refractivity contribution in [2.75, 3.05) is 33.7 Å². The molecule has 1 fully saturated rings. The van der Waals surface area contributed by atoms with E-state index in [1.807, 2.05) is 18.4 Å². The van der Waals surface area contributed by atoms with Crippen molar-refractivity contribution < 1.29 is 0 Å². The Balaban J connectivity index is 1.52. The fourth-order valence-corrected chi connectivity index (χ4v) is 5.10. The zero-order valence-corrected chi connectivity index (χ0v) is 16.4. The van der Waals surface area contributed by atoms with E-state index in [4.69, 9.17) is 0 Å². The van der Waals surface area contributed by atoms with Crippen molar-refractivity contribution in [1.82, 2.24) is 15.5 Å². The van der Waals surface area contributed by atoms with Gasteiger partial charge in [0.25, 0.3) is 0 Å². The van der Waals surface area contributed by atoms with Crippen LogP contribution in [0.5, 0.6) is 0 Å². The largest absolute Gasteiger partial charge is 0.356 e. The first-order chi connectivity index (χ1) is 12.3. The predicted octanol–water partition coefficient (Wildman–Crippen LogP) is 3.65. The van der Waals surface area contributed by atoms with Crippen molar-refractivity contribution in [3.05, 3.63) is 34.5 Å². The molecule has 2 heterocycles.